The summed E-state index contributed by atoms with van der Waals surface area (Å²) < 4.78 is 5.24. The predicted molar refractivity (Wildman–Crippen MR) is 59.9 cm³/mol. The molecule has 2 aliphatic heterocycles. The first-order valence-electron chi connectivity index (χ1n) is 6.23. The topological polar surface area (TPSA) is 49.8 Å². The Balaban J connectivity index is 1.81. The zero-order valence-electron chi connectivity index (χ0n) is 9.89. The Morgan fingerprint density at radius 3 is 2.56 bits per heavy atom. The summed E-state index contributed by atoms with van der Waals surface area (Å²) in [5.41, 5.74) is 0. The molecule has 2 unspecified atom stereocenters. The smallest absolute Gasteiger partial charge is 0.228 e. The highest BCUT2D eigenvalue weighted by Gasteiger charge is 2.31. The molecule has 2 saturated heterocycles. The molecule has 2 rings (SSSR count). The average molecular weight is 227 g/mol. The van der Waals surface area contributed by atoms with Gasteiger partial charge in [0.2, 0.25) is 5.91 Å². The van der Waals surface area contributed by atoms with Gasteiger partial charge in [0, 0.05) is 19.7 Å². The van der Waals surface area contributed by atoms with Crippen LogP contribution in [0.25, 0.3) is 0 Å². The largest absolute Gasteiger partial charge is 0.393 e. The lowest BCUT2D eigenvalue weighted by atomic mass is 9.91. The number of aliphatic hydroxyl groups is 1. The van der Waals surface area contributed by atoms with E-state index in [1.54, 1.807) is 0 Å². The fraction of sp³-hybridized carbons (Fsp3) is 0.917. The number of ether oxygens (including phenoxy) is 1. The van der Waals surface area contributed by atoms with Crippen molar-refractivity contribution < 1.29 is 14.6 Å². The van der Waals surface area contributed by atoms with E-state index in [0.29, 0.717) is 12.5 Å². The number of likely N-dealkylation sites (tertiary alicyclic amines) is 1. The van der Waals surface area contributed by atoms with E-state index in [1.807, 2.05) is 11.8 Å². The third kappa shape index (κ3) is 2.55. The van der Waals surface area contributed by atoms with Crippen LogP contribution in [0, 0.1) is 11.8 Å². The van der Waals surface area contributed by atoms with E-state index in [9.17, 15) is 9.90 Å². The number of carbonyl (C=O) groups excluding carboxylic acids is 1. The second-order valence-corrected chi connectivity index (χ2v) is 4.96. The van der Waals surface area contributed by atoms with E-state index >= 15 is 0 Å². The Morgan fingerprint density at radius 1 is 1.38 bits per heavy atom. The van der Waals surface area contributed by atoms with Gasteiger partial charge in [-0.1, -0.05) is 0 Å². The van der Waals surface area contributed by atoms with Crippen molar-refractivity contribution in [2.24, 2.45) is 11.8 Å². The molecule has 0 aliphatic carbocycles. The van der Waals surface area contributed by atoms with Gasteiger partial charge in [-0.3, -0.25) is 4.79 Å². The van der Waals surface area contributed by atoms with Crippen LogP contribution in [-0.4, -0.2) is 48.3 Å². The van der Waals surface area contributed by atoms with Crippen molar-refractivity contribution in [1.29, 1.82) is 0 Å². The Hall–Kier alpha value is -0.610. The summed E-state index contributed by atoms with van der Waals surface area (Å²) in [6.45, 7) is 4.75. The van der Waals surface area contributed by atoms with E-state index in [2.05, 4.69) is 0 Å². The van der Waals surface area contributed by atoms with Crippen molar-refractivity contribution in [2.75, 3.05) is 26.3 Å². The van der Waals surface area contributed by atoms with Gasteiger partial charge in [0.05, 0.1) is 18.6 Å². The molecular formula is C12H21NO3. The summed E-state index contributed by atoms with van der Waals surface area (Å²) in [4.78, 5) is 14.0. The number of carbonyl (C=O) groups is 1. The number of aliphatic hydroxyl groups excluding tert-OH is 1. The van der Waals surface area contributed by atoms with Gasteiger partial charge in [0.25, 0.3) is 0 Å². The second-order valence-electron chi connectivity index (χ2n) is 4.96. The van der Waals surface area contributed by atoms with Gasteiger partial charge in [0.15, 0.2) is 0 Å². The van der Waals surface area contributed by atoms with Gasteiger partial charge in [-0.05, 0) is 32.1 Å². The third-order valence-corrected chi connectivity index (χ3v) is 3.81. The Labute approximate surface area is 96.6 Å². The molecule has 0 aromatic heterocycles. The zero-order chi connectivity index (χ0) is 11.5. The quantitative estimate of drug-likeness (QED) is 0.753. The van der Waals surface area contributed by atoms with Crippen LogP contribution in [0.4, 0.5) is 0 Å². The lowest BCUT2D eigenvalue weighted by Gasteiger charge is -2.34. The standard InChI is InChI=1S/C12H21NO3/c1-9(14)10-2-5-13(6-3-10)12(15)11-4-7-16-8-11/h9-11,14H,2-8H2,1H3. The Bertz CT molecular complexity index is 241. The molecule has 4 nitrogen and oxygen atoms in total. The Morgan fingerprint density at radius 2 is 2.06 bits per heavy atom. The number of hydrogen-bond acceptors (Lipinski definition) is 3. The summed E-state index contributed by atoms with van der Waals surface area (Å²) in [5.74, 6) is 0.702. The van der Waals surface area contributed by atoms with Crippen molar-refractivity contribution >= 4 is 5.91 Å². The monoisotopic (exact) mass is 227 g/mol. The zero-order valence-corrected chi connectivity index (χ0v) is 9.89. The summed E-state index contributed by atoms with van der Waals surface area (Å²) in [6, 6.07) is 0. The fourth-order valence-corrected chi connectivity index (χ4v) is 2.59. The summed E-state index contributed by atoms with van der Waals surface area (Å²) in [5, 5.41) is 9.49. The molecule has 1 N–H and O–H groups in total. The van der Waals surface area contributed by atoms with Crippen LogP contribution >= 0.6 is 0 Å². The number of rotatable bonds is 2. The lowest BCUT2D eigenvalue weighted by molar-refractivity contribution is -0.137. The average Bonchev–Trinajstić information content (AvgIpc) is 2.81. The molecule has 2 aliphatic rings. The van der Waals surface area contributed by atoms with Crippen LogP contribution in [0.1, 0.15) is 26.2 Å². The molecule has 16 heavy (non-hydrogen) atoms. The van der Waals surface area contributed by atoms with Crippen molar-refractivity contribution in [3.05, 3.63) is 0 Å². The minimum Gasteiger partial charge on any atom is -0.393 e. The second kappa shape index (κ2) is 5.15. The van der Waals surface area contributed by atoms with Crippen LogP contribution in [-0.2, 0) is 9.53 Å². The Kier molecular flexibility index (Phi) is 3.82. The maximum Gasteiger partial charge on any atom is 0.228 e. The van der Waals surface area contributed by atoms with E-state index in [4.69, 9.17) is 4.74 Å². The van der Waals surface area contributed by atoms with Crippen LogP contribution in [0.5, 0.6) is 0 Å². The molecule has 2 atom stereocenters. The molecule has 92 valence electrons. The van der Waals surface area contributed by atoms with Gasteiger partial charge in [-0.25, -0.2) is 0 Å². The predicted octanol–water partition coefficient (Wildman–Crippen LogP) is 0.642. The van der Waals surface area contributed by atoms with Gasteiger partial charge in [-0.2, -0.15) is 0 Å². The minimum absolute atomic E-state index is 0.0862. The molecule has 0 saturated carbocycles. The summed E-state index contributed by atoms with van der Waals surface area (Å²) >= 11 is 0. The number of amides is 1. The summed E-state index contributed by atoms with van der Waals surface area (Å²) in [7, 11) is 0. The molecule has 0 bridgehead atoms. The lowest BCUT2D eigenvalue weighted by Crippen LogP contribution is -2.43. The number of nitrogens with zero attached hydrogens (tertiary/aromatic N) is 1. The van der Waals surface area contributed by atoms with Crippen molar-refractivity contribution in [3.63, 3.8) is 0 Å². The van der Waals surface area contributed by atoms with Crippen LogP contribution in [0.15, 0.2) is 0 Å². The molecule has 4 heteroatoms. The molecule has 2 fully saturated rings. The van der Waals surface area contributed by atoms with Crippen molar-refractivity contribution in [1.82, 2.24) is 4.90 Å². The van der Waals surface area contributed by atoms with E-state index in [1.165, 1.54) is 0 Å². The van der Waals surface area contributed by atoms with Crippen molar-refractivity contribution in [3.8, 4) is 0 Å². The molecule has 1 amide bonds. The molecule has 0 spiro atoms. The van der Waals surface area contributed by atoms with Gasteiger partial charge in [-0.15, -0.1) is 0 Å². The van der Waals surface area contributed by atoms with Gasteiger partial charge in [0.1, 0.15) is 0 Å². The first kappa shape index (κ1) is 11.9. The fourth-order valence-electron chi connectivity index (χ4n) is 2.59. The van der Waals surface area contributed by atoms with Gasteiger partial charge >= 0.3 is 0 Å². The highest BCUT2D eigenvalue weighted by atomic mass is 16.5. The SMILES string of the molecule is CC(O)C1CCN(C(=O)C2CCOC2)CC1. The third-order valence-electron chi connectivity index (χ3n) is 3.81. The number of hydrogen-bond donors (Lipinski definition) is 1. The highest BCUT2D eigenvalue weighted by molar-refractivity contribution is 5.79. The van der Waals surface area contributed by atoms with E-state index in [-0.39, 0.29) is 17.9 Å². The first-order chi connectivity index (χ1) is 7.68. The maximum absolute atomic E-state index is 12.1. The molecule has 0 aromatic rings. The molecular weight excluding hydrogens is 206 g/mol. The number of piperidine rings is 1. The minimum atomic E-state index is -0.243. The van der Waals surface area contributed by atoms with Crippen LogP contribution in [0.2, 0.25) is 0 Å². The van der Waals surface area contributed by atoms with Crippen molar-refractivity contribution in [2.45, 2.75) is 32.3 Å². The molecule has 0 radical (unpaired) electrons. The normalized spacial score (nSPS) is 29.4. The van der Waals surface area contributed by atoms with Gasteiger partial charge < -0.3 is 14.7 Å². The summed E-state index contributed by atoms with van der Waals surface area (Å²) in [6.07, 6.45) is 2.48. The van der Waals surface area contributed by atoms with E-state index in [0.717, 1.165) is 39.0 Å². The molecule has 2 heterocycles. The van der Waals surface area contributed by atoms with Crippen LogP contribution in [0.3, 0.4) is 0 Å². The first-order valence-corrected chi connectivity index (χ1v) is 6.23. The molecule has 0 aromatic carbocycles. The maximum atomic E-state index is 12.1. The van der Waals surface area contributed by atoms with Crippen LogP contribution < -0.4 is 0 Å². The van der Waals surface area contributed by atoms with E-state index < -0.39 is 0 Å². The highest BCUT2D eigenvalue weighted by Crippen LogP contribution is 2.23.